The molecule has 0 spiro atoms. The van der Waals surface area contributed by atoms with Crippen molar-refractivity contribution in [2.75, 3.05) is 19.0 Å². The molecule has 1 aliphatic carbocycles. The number of carbonyl (C=O) groups excluding carboxylic acids is 1. The van der Waals surface area contributed by atoms with Gasteiger partial charge in [0.15, 0.2) is 0 Å². The van der Waals surface area contributed by atoms with Crippen molar-refractivity contribution in [3.63, 3.8) is 0 Å². The van der Waals surface area contributed by atoms with Crippen molar-refractivity contribution in [2.24, 2.45) is 5.92 Å². The molecule has 1 aromatic rings. The Morgan fingerprint density at radius 2 is 2.20 bits per heavy atom. The van der Waals surface area contributed by atoms with Crippen molar-refractivity contribution in [3.05, 3.63) is 17.8 Å². The summed E-state index contributed by atoms with van der Waals surface area (Å²) in [4.78, 5) is 16.8. The van der Waals surface area contributed by atoms with Crippen molar-refractivity contribution in [2.45, 2.75) is 39.2 Å². The second kappa shape index (κ2) is 5.79. The molecule has 0 aromatic carbocycles. The molecular formula is C15H22N2O3. The lowest BCUT2D eigenvalue weighted by Gasteiger charge is -2.28. The SMILES string of the molecule is CCOC(C)(C(=O)Nc1ccc(OC)nc1C)C1CC1. The summed E-state index contributed by atoms with van der Waals surface area (Å²) in [7, 11) is 1.57. The summed E-state index contributed by atoms with van der Waals surface area (Å²) < 4.78 is 10.8. The van der Waals surface area contributed by atoms with E-state index in [1.165, 1.54) is 0 Å². The lowest BCUT2D eigenvalue weighted by Crippen LogP contribution is -2.45. The van der Waals surface area contributed by atoms with Gasteiger partial charge in [0.1, 0.15) is 5.60 Å². The third-order valence-electron chi connectivity index (χ3n) is 3.77. The van der Waals surface area contributed by atoms with E-state index in [4.69, 9.17) is 9.47 Å². The van der Waals surface area contributed by atoms with Gasteiger partial charge in [-0.3, -0.25) is 4.79 Å². The summed E-state index contributed by atoms with van der Waals surface area (Å²) in [5, 5.41) is 2.93. The summed E-state index contributed by atoms with van der Waals surface area (Å²) in [5.41, 5.74) is 0.677. The van der Waals surface area contributed by atoms with Crippen LogP contribution in [0.1, 0.15) is 32.4 Å². The standard InChI is InChI=1S/C15H22N2O3/c1-5-20-15(3,11-6-7-11)14(18)17-12-8-9-13(19-4)16-10(12)2/h8-9,11H,5-7H2,1-4H3,(H,17,18). The van der Waals surface area contributed by atoms with Crippen molar-refractivity contribution in [1.29, 1.82) is 0 Å². The van der Waals surface area contributed by atoms with Gasteiger partial charge in [-0.15, -0.1) is 0 Å². The number of nitrogens with zero attached hydrogens (tertiary/aromatic N) is 1. The minimum atomic E-state index is -0.749. The van der Waals surface area contributed by atoms with Gasteiger partial charge >= 0.3 is 0 Å². The van der Waals surface area contributed by atoms with E-state index in [0.29, 0.717) is 24.1 Å². The lowest BCUT2D eigenvalue weighted by molar-refractivity contribution is -0.141. The normalized spacial score (nSPS) is 17.4. The molecule has 0 radical (unpaired) electrons. The molecule has 20 heavy (non-hydrogen) atoms. The molecule has 110 valence electrons. The first-order valence-corrected chi connectivity index (χ1v) is 6.98. The molecule has 1 unspecified atom stereocenters. The summed E-state index contributed by atoms with van der Waals surface area (Å²) in [6.45, 7) is 6.15. The number of pyridine rings is 1. The molecule has 1 aliphatic rings. The fourth-order valence-corrected chi connectivity index (χ4v) is 2.33. The van der Waals surface area contributed by atoms with Crippen molar-refractivity contribution in [1.82, 2.24) is 4.98 Å². The molecule has 0 aliphatic heterocycles. The zero-order chi connectivity index (χ0) is 14.8. The van der Waals surface area contributed by atoms with Crippen LogP contribution >= 0.6 is 0 Å². The van der Waals surface area contributed by atoms with E-state index >= 15 is 0 Å². The fourth-order valence-electron chi connectivity index (χ4n) is 2.33. The lowest BCUT2D eigenvalue weighted by atomic mass is 9.98. The largest absolute Gasteiger partial charge is 0.481 e. The minimum absolute atomic E-state index is 0.100. The molecule has 1 heterocycles. The van der Waals surface area contributed by atoms with Crippen LogP contribution in [0.15, 0.2) is 12.1 Å². The van der Waals surface area contributed by atoms with Crippen molar-refractivity contribution >= 4 is 11.6 Å². The zero-order valence-electron chi connectivity index (χ0n) is 12.5. The maximum absolute atomic E-state index is 12.5. The Morgan fingerprint density at radius 3 is 2.70 bits per heavy atom. The highest BCUT2D eigenvalue weighted by atomic mass is 16.5. The smallest absolute Gasteiger partial charge is 0.256 e. The fraction of sp³-hybridized carbons (Fsp3) is 0.600. The van der Waals surface area contributed by atoms with Gasteiger partial charge in [0.2, 0.25) is 5.88 Å². The van der Waals surface area contributed by atoms with Crippen LogP contribution in [0.4, 0.5) is 5.69 Å². The topological polar surface area (TPSA) is 60.5 Å². The van der Waals surface area contributed by atoms with Crippen LogP contribution < -0.4 is 10.1 Å². The maximum atomic E-state index is 12.5. The number of rotatable bonds is 6. The highest BCUT2D eigenvalue weighted by molar-refractivity contribution is 5.98. The van der Waals surface area contributed by atoms with E-state index < -0.39 is 5.60 Å². The molecule has 5 nitrogen and oxygen atoms in total. The van der Waals surface area contributed by atoms with E-state index in [1.54, 1.807) is 19.2 Å². The molecule has 1 amide bonds. The summed E-state index contributed by atoms with van der Waals surface area (Å²) in [5.74, 6) is 0.751. The van der Waals surface area contributed by atoms with Crippen molar-refractivity contribution in [3.8, 4) is 5.88 Å². The van der Waals surface area contributed by atoms with E-state index in [0.717, 1.165) is 18.5 Å². The van der Waals surface area contributed by atoms with Crippen molar-refractivity contribution < 1.29 is 14.3 Å². The molecule has 1 aromatic heterocycles. The number of anilines is 1. The van der Waals surface area contributed by atoms with E-state index in [1.807, 2.05) is 20.8 Å². The second-order valence-electron chi connectivity index (χ2n) is 5.26. The number of hydrogen-bond acceptors (Lipinski definition) is 4. The molecule has 1 saturated carbocycles. The second-order valence-corrected chi connectivity index (χ2v) is 5.26. The number of methoxy groups -OCH3 is 1. The monoisotopic (exact) mass is 278 g/mol. The third-order valence-corrected chi connectivity index (χ3v) is 3.77. The Labute approximate surface area is 119 Å². The van der Waals surface area contributed by atoms with Gasteiger partial charge in [-0.1, -0.05) is 0 Å². The van der Waals surface area contributed by atoms with E-state index in [9.17, 15) is 4.79 Å². The number of amides is 1. The van der Waals surface area contributed by atoms with Gasteiger partial charge < -0.3 is 14.8 Å². The first-order chi connectivity index (χ1) is 9.51. The van der Waals surface area contributed by atoms with Gasteiger partial charge in [0.25, 0.3) is 5.91 Å². The molecule has 1 fully saturated rings. The highest BCUT2D eigenvalue weighted by Gasteiger charge is 2.48. The predicted molar refractivity (Wildman–Crippen MR) is 76.9 cm³/mol. The van der Waals surface area contributed by atoms with Gasteiger partial charge in [-0.2, -0.15) is 0 Å². The number of nitrogens with one attached hydrogen (secondary N) is 1. The van der Waals surface area contributed by atoms with Crippen LogP contribution in [0.5, 0.6) is 5.88 Å². The maximum Gasteiger partial charge on any atom is 0.256 e. The third kappa shape index (κ3) is 2.93. The number of ether oxygens (including phenoxy) is 2. The van der Waals surface area contributed by atoms with Crippen LogP contribution in [0, 0.1) is 12.8 Å². The van der Waals surface area contributed by atoms with E-state index in [-0.39, 0.29) is 5.91 Å². The molecule has 5 heteroatoms. The summed E-state index contributed by atoms with van der Waals surface area (Å²) in [6.07, 6.45) is 2.09. The van der Waals surface area contributed by atoms with E-state index in [2.05, 4.69) is 10.3 Å². The molecule has 2 rings (SSSR count). The highest BCUT2D eigenvalue weighted by Crippen LogP contribution is 2.42. The molecule has 1 N–H and O–H groups in total. The van der Waals surface area contributed by atoms with Crippen LogP contribution in [0.25, 0.3) is 0 Å². The molecule has 0 bridgehead atoms. The molecule has 1 atom stereocenters. The zero-order valence-corrected chi connectivity index (χ0v) is 12.5. The van der Waals surface area contributed by atoms with Crippen LogP contribution in [0.3, 0.4) is 0 Å². The number of aromatic nitrogens is 1. The Hall–Kier alpha value is -1.62. The Morgan fingerprint density at radius 1 is 1.50 bits per heavy atom. The van der Waals surface area contributed by atoms with Crippen LogP contribution in [-0.4, -0.2) is 30.2 Å². The first kappa shape index (κ1) is 14.8. The summed E-state index contributed by atoms with van der Waals surface area (Å²) in [6, 6.07) is 3.54. The minimum Gasteiger partial charge on any atom is -0.481 e. The number of aryl methyl sites for hydroxylation is 1. The Kier molecular flexibility index (Phi) is 4.28. The Balaban J connectivity index is 2.14. The summed E-state index contributed by atoms with van der Waals surface area (Å²) >= 11 is 0. The van der Waals surface area contributed by atoms with Crippen LogP contribution in [0.2, 0.25) is 0 Å². The predicted octanol–water partition coefficient (Wildman–Crippen LogP) is 2.54. The van der Waals surface area contributed by atoms with Gasteiger partial charge in [0.05, 0.1) is 18.5 Å². The molecule has 0 saturated heterocycles. The first-order valence-electron chi connectivity index (χ1n) is 6.98. The van der Waals surface area contributed by atoms with Gasteiger partial charge in [0, 0.05) is 12.7 Å². The number of hydrogen-bond donors (Lipinski definition) is 1. The average Bonchev–Trinajstić information content (AvgIpc) is 3.25. The quantitative estimate of drug-likeness (QED) is 0.868. The van der Waals surface area contributed by atoms with Crippen LogP contribution in [-0.2, 0) is 9.53 Å². The van der Waals surface area contributed by atoms with Gasteiger partial charge in [-0.05, 0) is 45.6 Å². The Bertz CT molecular complexity index is 500. The number of carbonyl (C=O) groups is 1. The van der Waals surface area contributed by atoms with Gasteiger partial charge in [-0.25, -0.2) is 4.98 Å². The molecular weight excluding hydrogens is 256 g/mol. The average molecular weight is 278 g/mol.